The Morgan fingerprint density at radius 2 is 2.32 bits per heavy atom. The first-order valence-electron chi connectivity index (χ1n) is 6.65. The highest BCUT2D eigenvalue weighted by atomic mass is 127. The lowest BCUT2D eigenvalue weighted by atomic mass is 9.93. The standard InChI is InChI=1S/C14H23N3S.HI/c1-4-15-13(16-9-12-5-8-18-10-12)17-7-6-14(2,3)11-17;/h5,8,10H,4,6-7,9,11H2,1-3H3,(H,15,16);1H. The fourth-order valence-electron chi connectivity index (χ4n) is 2.27. The normalized spacial score (nSPS) is 18.3. The van der Waals surface area contributed by atoms with Crippen molar-refractivity contribution in [2.45, 2.75) is 33.7 Å². The third-order valence-electron chi connectivity index (χ3n) is 3.30. The Labute approximate surface area is 137 Å². The van der Waals surface area contributed by atoms with Crippen LogP contribution >= 0.6 is 35.3 Å². The Hall–Kier alpha value is -0.300. The lowest BCUT2D eigenvalue weighted by Gasteiger charge is -2.23. The van der Waals surface area contributed by atoms with Crippen LogP contribution in [0.1, 0.15) is 32.8 Å². The minimum absolute atomic E-state index is 0. The molecule has 19 heavy (non-hydrogen) atoms. The monoisotopic (exact) mass is 393 g/mol. The molecule has 3 nitrogen and oxygen atoms in total. The zero-order chi connectivity index (χ0) is 13.0. The van der Waals surface area contributed by atoms with Crippen molar-refractivity contribution in [1.29, 1.82) is 0 Å². The molecule has 2 heterocycles. The number of nitrogens with zero attached hydrogens (tertiary/aromatic N) is 2. The van der Waals surface area contributed by atoms with Gasteiger partial charge in [-0.1, -0.05) is 13.8 Å². The van der Waals surface area contributed by atoms with Crippen molar-refractivity contribution in [3.05, 3.63) is 22.4 Å². The van der Waals surface area contributed by atoms with Gasteiger partial charge in [0.2, 0.25) is 0 Å². The molecule has 0 amide bonds. The van der Waals surface area contributed by atoms with E-state index >= 15 is 0 Å². The van der Waals surface area contributed by atoms with Gasteiger partial charge in [-0.2, -0.15) is 11.3 Å². The van der Waals surface area contributed by atoms with Gasteiger partial charge < -0.3 is 10.2 Å². The predicted octanol–water partition coefficient (Wildman–Crippen LogP) is 3.56. The second-order valence-electron chi connectivity index (χ2n) is 5.64. The molecule has 0 spiro atoms. The molecule has 1 saturated heterocycles. The molecule has 1 fully saturated rings. The van der Waals surface area contributed by atoms with Crippen LogP contribution in [-0.4, -0.2) is 30.5 Å². The summed E-state index contributed by atoms with van der Waals surface area (Å²) in [6.45, 7) is 10.7. The SMILES string of the molecule is CCNC(=NCc1ccsc1)N1CCC(C)(C)C1.I. The summed E-state index contributed by atoms with van der Waals surface area (Å²) in [5.74, 6) is 1.06. The van der Waals surface area contributed by atoms with Crippen molar-refractivity contribution in [3.8, 4) is 0 Å². The molecule has 0 saturated carbocycles. The van der Waals surface area contributed by atoms with Crippen molar-refractivity contribution in [1.82, 2.24) is 10.2 Å². The summed E-state index contributed by atoms with van der Waals surface area (Å²) < 4.78 is 0. The zero-order valence-electron chi connectivity index (χ0n) is 12.0. The number of rotatable bonds is 3. The van der Waals surface area contributed by atoms with Crippen molar-refractivity contribution >= 4 is 41.3 Å². The molecule has 0 bridgehead atoms. The van der Waals surface area contributed by atoms with Crippen molar-refractivity contribution in [2.75, 3.05) is 19.6 Å². The Balaban J connectivity index is 0.00000180. The molecule has 1 N–H and O–H groups in total. The van der Waals surface area contributed by atoms with E-state index in [1.165, 1.54) is 12.0 Å². The van der Waals surface area contributed by atoms with Crippen LogP contribution in [0.15, 0.2) is 21.8 Å². The van der Waals surface area contributed by atoms with Gasteiger partial charge in [0.25, 0.3) is 0 Å². The molecule has 0 unspecified atom stereocenters. The van der Waals surface area contributed by atoms with E-state index in [1.54, 1.807) is 11.3 Å². The molecule has 5 heteroatoms. The molecule has 1 aromatic heterocycles. The topological polar surface area (TPSA) is 27.6 Å². The van der Waals surface area contributed by atoms with E-state index in [0.29, 0.717) is 5.41 Å². The maximum Gasteiger partial charge on any atom is 0.194 e. The summed E-state index contributed by atoms with van der Waals surface area (Å²) in [7, 11) is 0. The summed E-state index contributed by atoms with van der Waals surface area (Å²) >= 11 is 1.73. The summed E-state index contributed by atoms with van der Waals surface area (Å²) in [4.78, 5) is 7.13. The van der Waals surface area contributed by atoms with E-state index in [0.717, 1.165) is 32.1 Å². The highest BCUT2D eigenvalue weighted by molar-refractivity contribution is 14.0. The van der Waals surface area contributed by atoms with Gasteiger partial charge in [0.15, 0.2) is 5.96 Å². The third-order valence-corrected chi connectivity index (χ3v) is 4.04. The van der Waals surface area contributed by atoms with Gasteiger partial charge in [-0.25, -0.2) is 4.99 Å². The average Bonchev–Trinajstić information content (AvgIpc) is 2.93. The van der Waals surface area contributed by atoms with Gasteiger partial charge in [0.1, 0.15) is 0 Å². The van der Waals surface area contributed by atoms with Crippen LogP contribution in [0.4, 0.5) is 0 Å². The van der Waals surface area contributed by atoms with E-state index in [1.807, 2.05) is 0 Å². The zero-order valence-corrected chi connectivity index (χ0v) is 15.1. The van der Waals surface area contributed by atoms with Crippen LogP contribution in [-0.2, 0) is 6.54 Å². The minimum atomic E-state index is 0. The van der Waals surface area contributed by atoms with Crippen molar-refractivity contribution in [3.63, 3.8) is 0 Å². The minimum Gasteiger partial charge on any atom is -0.357 e. The molecule has 0 aromatic carbocycles. The van der Waals surface area contributed by atoms with Gasteiger partial charge >= 0.3 is 0 Å². The second-order valence-corrected chi connectivity index (χ2v) is 6.42. The highest BCUT2D eigenvalue weighted by Crippen LogP contribution is 2.28. The number of hydrogen-bond donors (Lipinski definition) is 1. The van der Waals surface area contributed by atoms with E-state index in [-0.39, 0.29) is 24.0 Å². The van der Waals surface area contributed by atoms with Crippen LogP contribution in [0.3, 0.4) is 0 Å². The number of nitrogens with one attached hydrogen (secondary N) is 1. The van der Waals surface area contributed by atoms with Crippen LogP contribution < -0.4 is 5.32 Å². The second kappa shape index (κ2) is 7.47. The van der Waals surface area contributed by atoms with Crippen LogP contribution in [0, 0.1) is 5.41 Å². The maximum absolute atomic E-state index is 4.74. The van der Waals surface area contributed by atoms with Crippen LogP contribution in [0.2, 0.25) is 0 Å². The molecule has 0 atom stereocenters. The van der Waals surface area contributed by atoms with Crippen LogP contribution in [0.25, 0.3) is 0 Å². The maximum atomic E-state index is 4.74. The molecule has 0 radical (unpaired) electrons. The molecular weight excluding hydrogens is 369 g/mol. The molecule has 0 aliphatic carbocycles. The summed E-state index contributed by atoms with van der Waals surface area (Å²) in [5, 5.41) is 7.68. The predicted molar refractivity (Wildman–Crippen MR) is 94.5 cm³/mol. The Morgan fingerprint density at radius 1 is 1.53 bits per heavy atom. The summed E-state index contributed by atoms with van der Waals surface area (Å²) in [6.07, 6.45) is 1.25. The lowest BCUT2D eigenvalue weighted by molar-refractivity contribution is 0.370. The fourth-order valence-corrected chi connectivity index (χ4v) is 2.93. The Morgan fingerprint density at radius 3 is 2.84 bits per heavy atom. The van der Waals surface area contributed by atoms with Gasteiger partial charge in [-0.05, 0) is 41.1 Å². The lowest BCUT2D eigenvalue weighted by Crippen LogP contribution is -2.40. The van der Waals surface area contributed by atoms with Gasteiger partial charge in [-0.3, -0.25) is 0 Å². The largest absolute Gasteiger partial charge is 0.357 e. The van der Waals surface area contributed by atoms with E-state index in [2.05, 4.69) is 47.8 Å². The molecule has 1 aromatic rings. The van der Waals surface area contributed by atoms with Gasteiger partial charge in [0.05, 0.1) is 6.54 Å². The first-order chi connectivity index (χ1) is 8.61. The summed E-state index contributed by atoms with van der Waals surface area (Å²) in [6, 6.07) is 2.14. The summed E-state index contributed by atoms with van der Waals surface area (Å²) in [5.41, 5.74) is 1.72. The Kier molecular flexibility index (Phi) is 6.59. The smallest absolute Gasteiger partial charge is 0.194 e. The quantitative estimate of drug-likeness (QED) is 0.483. The number of likely N-dealkylation sites (tertiary alicyclic amines) is 1. The molecule has 1 aliphatic heterocycles. The van der Waals surface area contributed by atoms with E-state index in [4.69, 9.17) is 4.99 Å². The first kappa shape index (κ1) is 16.8. The third kappa shape index (κ3) is 4.95. The Bertz CT molecular complexity index is 401. The van der Waals surface area contributed by atoms with Gasteiger partial charge in [0, 0.05) is 19.6 Å². The molecule has 2 rings (SSSR count). The highest BCUT2D eigenvalue weighted by Gasteiger charge is 2.30. The van der Waals surface area contributed by atoms with Crippen molar-refractivity contribution < 1.29 is 0 Å². The fraction of sp³-hybridized carbons (Fsp3) is 0.643. The van der Waals surface area contributed by atoms with E-state index < -0.39 is 0 Å². The molecule has 1 aliphatic rings. The van der Waals surface area contributed by atoms with Gasteiger partial charge in [-0.15, -0.1) is 24.0 Å². The molecule has 108 valence electrons. The van der Waals surface area contributed by atoms with Crippen molar-refractivity contribution in [2.24, 2.45) is 10.4 Å². The van der Waals surface area contributed by atoms with Crippen LogP contribution in [0.5, 0.6) is 0 Å². The molecular formula is C14H24IN3S. The average molecular weight is 393 g/mol. The van der Waals surface area contributed by atoms with E-state index in [9.17, 15) is 0 Å². The number of aliphatic imine (C=N–C) groups is 1. The number of halogens is 1. The number of guanidine groups is 1. The number of thiophene rings is 1. The number of hydrogen-bond acceptors (Lipinski definition) is 2. The first-order valence-corrected chi connectivity index (χ1v) is 7.59.